The van der Waals surface area contributed by atoms with Crippen LogP contribution in [0.4, 0.5) is 11.6 Å². The van der Waals surface area contributed by atoms with Crippen molar-refractivity contribution in [3.05, 3.63) is 42.2 Å². The molecule has 1 atom stereocenters. The van der Waals surface area contributed by atoms with Crippen LogP contribution in [0.1, 0.15) is 31.9 Å². The van der Waals surface area contributed by atoms with Crippen LogP contribution in [0.2, 0.25) is 0 Å². The second-order valence-electron chi connectivity index (χ2n) is 7.24. The van der Waals surface area contributed by atoms with Crippen LogP contribution in [-0.2, 0) is 19.6 Å². The molecule has 0 spiro atoms. The van der Waals surface area contributed by atoms with E-state index >= 15 is 0 Å². The van der Waals surface area contributed by atoms with Gasteiger partial charge < -0.3 is 10.2 Å². The van der Waals surface area contributed by atoms with E-state index in [-0.39, 0.29) is 29.1 Å². The molecule has 9 nitrogen and oxygen atoms in total. The van der Waals surface area contributed by atoms with Gasteiger partial charge in [-0.3, -0.25) is 9.59 Å². The number of amides is 2. The number of carbonyl (C=O) groups is 2. The minimum Gasteiger partial charge on any atom is -0.342 e. The van der Waals surface area contributed by atoms with Gasteiger partial charge in [-0.1, -0.05) is 13.3 Å². The summed E-state index contributed by atoms with van der Waals surface area (Å²) < 4.78 is 27.3. The fraction of sp³-hybridized carbons (Fsp3) is 0.400. The predicted molar refractivity (Wildman–Crippen MR) is 112 cm³/mol. The molecule has 1 saturated heterocycles. The number of aryl methyl sites for hydroxylation is 1. The van der Waals surface area contributed by atoms with Crippen molar-refractivity contribution in [2.75, 3.05) is 23.1 Å². The van der Waals surface area contributed by atoms with Crippen molar-refractivity contribution >= 4 is 33.5 Å². The first kappa shape index (κ1) is 21.7. The molecule has 1 aromatic carbocycles. The average molecular weight is 432 g/mol. The third-order valence-corrected chi connectivity index (χ3v) is 6.16. The monoisotopic (exact) mass is 431 g/mol. The Morgan fingerprint density at radius 3 is 2.63 bits per heavy atom. The summed E-state index contributed by atoms with van der Waals surface area (Å²) >= 11 is 0. The highest BCUT2D eigenvalue weighted by Gasteiger charge is 2.33. The van der Waals surface area contributed by atoms with Gasteiger partial charge in [-0.25, -0.2) is 23.1 Å². The molecule has 1 unspecified atom stereocenters. The summed E-state index contributed by atoms with van der Waals surface area (Å²) in [5.74, 6) is -0.664. The Morgan fingerprint density at radius 2 is 1.97 bits per heavy atom. The van der Waals surface area contributed by atoms with E-state index in [1.807, 2.05) is 0 Å². The Balaban J connectivity index is 1.61. The molecule has 2 amide bonds. The van der Waals surface area contributed by atoms with Crippen LogP contribution in [0, 0.1) is 12.8 Å². The number of unbranched alkanes of at least 4 members (excludes halogenated alkanes) is 1. The number of aromatic nitrogens is 2. The summed E-state index contributed by atoms with van der Waals surface area (Å²) in [5.41, 5.74) is 1.10. The lowest BCUT2D eigenvalue weighted by molar-refractivity contribution is -0.128. The molecule has 0 radical (unpaired) electrons. The van der Waals surface area contributed by atoms with Crippen molar-refractivity contribution in [2.45, 2.75) is 38.0 Å². The SMILES string of the molecule is CCCCN1CC(C(=O)Nc2ccc(S(=O)(=O)Nc3nccc(C)n3)cc2)CC1=O. The maximum Gasteiger partial charge on any atom is 0.264 e. The minimum atomic E-state index is -3.85. The van der Waals surface area contributed by atoms with Crippen molar-refractivity contribution in [3.63, 3.8) is 0 Å². The van der Waals surface area contributed by atoms with Gasteiger partial charge in [-0.2, -0.15) is 0 Å². The first-order valence-corrected chi connectivity index (χ1v) is 11.3. The number of carbonyl (C=O) groups excluding carboxylic acids is 2. The van der Waals surface area contributed by atoms with Gasteiger partial charge in [0.15, 0.2) is 0 Å². The Bertz CT molecular complexity index is 1020. The molecule has 2 N–H and O–H groups in total. The molecule has 160 valence electrons. The third-order valence-electron chi connectivity index (χ3n) is 4.82. The lowest BCUT2D eigenvalue weighted by Gasteiger charge is -2.16. The molecule has 1 aromatic heterocycles. The van der Waals surface area contributed by atoms with E-state index in [1.54, 1.807) is 17.9 Å². The quantitative estimate of drug-likeness (QED) is 0.661. The highest BCUT2D eigenvalue weighted by molar-refractivity contribution is 7.92. The summed E-state index contributed by atoms with van der Waals surface area (Å²) in [6.07, 6.45) is 3.57. The third kappa shape index (κ3) is 5.32. The van der Waals surface area contributed by atoms with Crippen LogP contribution >= 0.6 is 0 Å². The Labute approximate surface area is 176 Å². The van der Waals surface area contributed by atoms with Gasteiger partial charge in [0.1, 0.15) is 0 Å². The number of nitrogens with zero attached hydrogens (tertiary/aromatic N) is 3. The first-order chi connectivity index (χ1) is 14.3. The summed E-state index contributed by atoms with van der Waals surface area (Å²) in [7, 11) is -3.85. The van der Waals surface area contributed by atoms with E-state index in [4.69, 9.17) is 0 Å². The second kappa shape index (κ2) is 9.21. The highest BCUT2D eigenvalue weighted by atomic mass is 32.2. The summed E-state index contributed by atoms with van der Waals surface area (Å²) in [5, 5.41) is 2.76. The van der Waals surface area contributed by atoms with Crippen molar-refractivity contribution in [3.8, 4) is 0 Å². The Hall–Kier alpha value is -3.01. The molecule has 2 heterocycles. The van der Waals surface area contributed by atoms with Gasteiger partial charge in [0, 0.05) is 37.1 Å². The number of sulfonamides is 1. The Morgan fingerprint density at radius 1 is 1.23 bits per heavy atom. The molecule has 1 fully saturated rings. The number of anilines is 2. The smallest absolute Gasteiger partial charge is 0.264 e. The van der Waals surface area contributed by atoms with Crippen molar-refractivity contribution < 1.29 is 18.0 Å². The molecule has 0 bridgehead atoms. The molecule has 3 rings (SSSR count). The van der Waals surface area contributed by atoms with Crippen LogP contribution in [-0.4, -0.2) is 48.2 Å². The highest BCUT2D eigenvalue weighted by Crippen LogP contribution is 2.22. The predicted octanol–water partition coefficient (Wildman–Crippen LogP) is 2.17. The number of hydrogen-bond donors (Lipinski definition) is 2. The Kier molecular flexibility index (Phi) is 6.66. The van der Waals surface area contributed by atoms with E-state index in [0.717, 1.165) is 12.8 Å². The number of likely N-dealkylation sites (tertiary alicyclic amines) is 1. The molecular formula is C20H25N5O4S. The molecule has 30 heavy (non-hydrogen) atoms. The number of rotatable bonds is 8. The minimum absolute atomic E-state index is 0.00511. The van der Waals surface area contributed by atoms with Crippen LogP contribution in [0.5, 0.6) is 0 Å². The zero-order valence-corrected chi connectivity index (χ0v) is 17.8. The largest absolute Gasteiger partial charge is 0.342 e. The van der Waals surface area contributed by atoms with Gasteiger partial charge in [-0.05, 0) is 43.7 Å². The van der Waals surface area contributed by atoms with Crippen LogP contribution < -0.4 is 10.0 Å². The lowest BCUT2D eigenvalue weighted by Crippen LogP contribution is -2.29. The summed E-state index contributed by atoms with van der Waals surface area (Å²) in [6.45, 7) is 4.87. The van der Waals surface area contributed by atoms with Gasteiger partial charge in [0.2, 0.25) is 17.8 Å². The zero-order chi connectivity index (χ0) is 21.7. The lowest BCUT2D eigenvalue weighted by atomic mass is 10.1. The van der Waals surface area contributed by atoms with Crippen LogP contribution in [0.3, 0.4) is 0 Å². The van der Waals surface area contributed by atoms with Gasteiger partial charge >= 0.3 is 0 Å². The van der Waals surface area contributed by atoms with Crippen molar-refractivity contribution in [2.24, 2.45) is 5.92 Å². The molecule has 2 aromatic rings. The van der Waals surface area contributed by atoms with Crippen molar-refractivity contribution in [1.82, 2.24) is 14.9 Å². The number of benzene rings is 1. The maximum absolute atomic E-state index is 12.5. The summed E-state index contributed by atoms with van der Waals surface area (Å²) in [6, 6.07) is 7.46. The zero-order valence-electron chi connectivity index (χ0n) is 17.0. The molecule has 1 aliphatic rings. The standard InChI is InChI=1S/C20H25N5O4S/c1-3-4-11-25-13-15(12-18(25)26)19(27)23-16-5-7-17(8-6-16)30(28,29)24-20-21-10-9-14(2)22-20/h5-10,15H,3-4,11-13H2,1-2H3,(H,23,27)(H,21,22,24). The maximum atomic E-state index is 12.5. The molecule has 10 heteroatoms. The van der Waals surface area contributed by atoms with Gasteiger partial charge in [-0.15, -0.1) is 0 Å². The van der Waals surface area contributed by atoms with Gasteiger partial charge in [0.25, 0.3) is 10.0 Å². The van der Waals surface area contributed by atoms with E-state index in [0.29, 0.717) is 24.5 Å². The van der Waals surface area contributed by atoms with Crippen LogP contribution in [0.15, 0.2) is 41.4 Å². The molecule has 0 saturated carbocycles. The van der Waals surface area contributed by atoms with E-state index in [1.165, 1.54) is 30.5 Å². The molecule has 1 aliphatic heterocycles. The van der Waals surface area contributed by atoms with Gasteiger partial charge in [0.05, 0.1) is 10.8 Å². The first-order valence-electron chi connectivity index (χ1n) is 9.79. The second-order valence-corrected chi connectivity index (χ2v) is 8.92. The normalized spacial score (nSPS) is 16.5. The van der Waals surface area contributed by atoms with Crippen molar-refractivity contribution in [1.29, 1.82) is 0 Å². The topological polar surface area (TPSA) is 121 Å². The van der Waals surface area contributed by atoms with E-state index in [9.17, 15) is 18.0 Å². The fourth-order valence-electron chi connectivity index (χ4n) is 3.15. The average Bonchev–Trinajstić information content (AvgIpc) is 3.07. The number of nitrogens with one attached hydrogen (secondary N) is 2. The molecule has 0 aliphatic carbocycles. The van der Waals surface area contributed by atoms with Crippen LogP contribution in [0.25, 0.3) is 0 Å². The van der Waals surface area contributed by atoms with E-state index < -0.39 is 15.9 Å². The molecular weight excluding hydrogens is 406 g/mol. The number of hydrogen-bond acceptors (Lipinski definition) is 6. The summed E-state index contributed by atoms with van der Waals surface area (Å²) in [4.78, 5) is 34.2. The fourth-order valence-corrected chi connectivity index (χ4v) is 4.10. The van der Waals surface area contributed by atoms with E-state index in [2.05, 4.69) is 26.9 Å².